The standard InChI is InChI=1S/C21H24N2O5S2/c1-13(2)30(25,26)15-8-6-14(7-9-15)12-18(24)22-21-23(3)19-16(27-4)10-11-17(28-5)20(19)29-21/h6-11,13H,12H2,1-5H3. The molecule has 0 bridgehead atoms. The molecule has 0 unspecified atom stereocenters. The second kappa shape index (κ2) is 8.61. The molecule has 3 rings (SSSR count). The van der Waals surface area contributed by atoms with Crippen LogP contribution in [-0.4, -0.2) is 38.4 Å². The van der Waals surface area contributed by atoms with Crippen LogP contribution in [0.3, 0.4) is 0 Å². The molecule has 0 aliphatic rings. The third kappa shape index (κ3) is 4.13. The highest BCUT2D eigenvalue weighted by Crippen LogP contribution is 2.34. The number of carbonyl (C=O) groups is 1. The number of ether oxygens (including phenoxy) is 2. The van der Waals surface area contributed by atoms with Crippen molar-refractivity contribution in [2.24, 2.45) is 12.0 Å². The third-order valence-corrected chi connectivity index (χ3v) is 8.08. The Hall–Kier alpha value is -2.65. The Morgan fingerprint density at radius 1 is 1.07 bits per heavy atom. The van der Waals surface area contributed by atoms with Crippen molar-refractivity contribution in [2.45, 2.75) is 30.4 Å². The van der Waals surface area contributed by atoms with Crippen LogP contribution in [-0.2, 0) is 28.1 Å². The van der Waals surface area contributed by atoms with Gasteiger partial charge in [0.15, 0.2) is 14.6 Å². The van der Waals surface area contributed by atoms with Crippen molar-refractivity contribution in [2.75, 3.05) is 14.2 Å². The Balaban J connectivity index is 1.92. The second-order valence-corrected chi connectivity index (χ2v) is 10.5. The minimum atomic E-state index is -3.34. The van der Waals surface area contributed by atoms with E-state index in [0.29, 0.717) is 21.9 Å². The Kier molecular flexibility index (Phi) is 6.33. The SMILES string of the molecule is COc1ccc(OC)c2c1sc(=NC(=O)Cc1ccc(S(=O)(=O)C(C)C)cc1)n2C. The molecule has 0 radical (unpaired) electrons. The number of fused-ring (bicyclic) bond motifs is 1. The molecule has 0 aliphatic heterocycles. The number of amides is 1. The second-order valence-electron chi connectivity index (χ2n) is 7.01. The average Bonchev–Trinajstić information content (AvgIpc) is 3.04. The molecule has 2 aromatic carbocycles. The number of methoxy groups -OCH3 is 2. The van der Waals surface area contributed by atoms with Crippen LogP contribution in [0.25, 0.3) is 10.2 Å². The average molecular weight is 449 g/mol. The van der Waals surface area contributed by atoms with Crippen molar-refractivity contribution >= 4 is 37.3 Å². The van der Waals surface area contributed by atoms with Crippen LogP contribution in [0.2, 0.25) is 0 Å². The normalized spacial score (nSPS) is 12.5. The summed E-state index contributed by atoms with van der Waals surface area (Å²) in [4.78, 5) is 17.6. The Morgan fingerprint density at radius 2 is 1.67 bits per heavy atom. The number of hydrogen-bond donors (Lipinski definition) is 0. The van der Waals surface area contributed by atoms with Gasteiger partial charge in [-0.25, -0.2) is 8.42 Å². The van der Waals surface area contributed by atoms with Crippen molar-refractivity contribution in [3.63, 3.8) is 0 Å². The van der Waals surface area contributed by atoms with Crippen molar-refractivity contribution in [3.8, 4) is 11.5 Å². The zero-order valence-corrected chi connectivity index (χ0v) is 19.1. The molecular formula is C21H24N2O5S2. The smallest absolute Gasteiger partial charge is 0.252 e. The van der Waals surface area contributed by atoms with E-state index >= 15 is 0 Å². The Labute approximate surface area is 179 Å². The van der Waals surface area contributed by atoms with E-state index in [9.17, 15) is 13.2 Å². The van der Waals surface area contributed by atoms with Crippen molar-refractivity contribution in [1.29, 1.82) is 0 Å². The zero-order valence-electron chi connectivity index (χ0n) is 17.5. The summed E-state index contributed by atoms with van der Waals surface area (Å²) >= 11 is 1.34. The molecular weight excluding hydrogens is 424 g/mol. The summed E-state index contributed by atoms with van der Waals surface area (Å²) in [6.45, 7) is 3.28. The molecule has 0 spiro atoms. The highest BCUT2D eigenvalue weighted by Gasteiger charge is 2.19. The molecule has 1 amide bonds. The molecule has 0 fully saturated rings. The highest BCUT2D eigenvalue weighted by molar-refractivity contribution is 7.92. The van der Waals surface area contributed by atoms with Crippen LogP contribution >= 0.6 is 11.3 Å². The molecule has 9 heteroatoms. The molecule has 0 atom stereocenters. The lowest BCUT2D eigenvalue weighted by Gasteiger charge is -2.08. The van der Waals surface area contributed by atoms with E-state index in [0.717, 1.165) is 10.2 Å². The first-order chi connectivity index (χ1) is 14.2. The van der Waals surface area contributed by atoms with E-state index < -0.39 is 15.1 Å². The van der Waals surface area contributed by atoms with Crippen molar-refractivity contribution in [3.05, 3.63) is 46.8 Å². The van der Waals surface area contributed by atoms with Gasteiger partial charge in [0.2, 0.25) is 0 Å². The molecule has 0 N–H and O–H groups in total. The van der Waals surface area contributed by atoms with Crippen LogP contribution < -0.4 is 14.3 Å². The van der Waals surface area contributed by atoms with Crippen LogP contribution in [0.1, 0.15) is 19.4 Å². The van der Waals surface area contributed by atoms with Gasteiger partial charge in [0.25, 0.3) is 5.91 Å². The van der Waals surface area contributed by atoms with Gasteiger partial charge in [0.05, 0.1) is 30.8 Å². The molecule has 1 aromatic heterocycles. The van der Waals surface area contributed by atoms with E-state index in [1.807, 2.05) is 19.2 Å². The van der Waals surface area contributed by atoms with E-state index in [1.165, 1.54) is 23.5 Å². The fourth-order valence-electron chi connectivity index (χ4n) is 3.02. The first-order valence-corrected chi connectivity index (χ1v) is 11.7. The third-order valence-electron chi connectivity index (χ3n) is 4.76. The first kappa shape index (κ1) is 22.0. The number of nitrogens with zero attached hydrogens (tertiary/aromatic N) is 2. The van der Waals surface area contributed by atoms with Gasteiger partial charge in [-0.15, -0.1) is 0 Å². The molecule has 0 saturated carbocycles. The van der Waals surface area contributed by atoms with E-state index in [2.05, 4.69) is 4.99 Å². The monoisotopic (exact) mass is 448 g/mol. The first-order valence-electron chi connectivity index (χ1n) is 9.30. The minimum absolute atomic E-state index is 0.0739. The maximum atomic E-state index is 12.6. The van der Waals surface area contributed by atoms with Crippen molar-refractivity contribution < 1.29 is 22.7 Å². The van der Waals surface area contributed by atoms with Gasteiger partial charge >= 0.3 is 0 Å². The Bertz CT molecular complexity index is 1250. The molecule has 0 aliphatic carbocycles. The predicted molar refractivity (Wildman–Crippen MR) is 117 cm³/mol. The van der Waals surface area contributed by atoms with Gasteiger partial charge in [-0.2, -0.15) is 4.99 Å². The lowest BCUT2D eigenvalue weighted by Crippen LogP contribution is -2.15. The molecule has 3 aromatic rings. The number of thiazole rings is 1. The lowest BCUT2D eigenvalue weighted by atomic mass is 10.1. The number of aromatic nitrogens is 1. The fraction of sp³-hybridized carbons (Fsp3) is 0.333. The Morgan fingerprint density at radius 3 is 2.23 bits per heavy atom. The summed E-state index contributed by atoms with van der Waals surface area (Å²) in [6, 6.07) is 10.0. The van der Waals surface area contributed by atoms with Gasteiger partial charge in [-0.1, -0.05) is 23.5 Å². The number of benzene rings is 2. The van der Waals surface area contributed by atoms with Crippen LogP contribution in [0, 0.1) is 0 Å². The summed E-state index contributed by atoms with van der Waals surface area (Å²) in [5.74, 6) is 1.03. The topological polar surface area (TPSA) is 87.0 Å². The van der Waals surface area contributed by atoms with Gasteiger partial charge in [-0.3, -0.25) is 4.79 Å². The summed E-state index contributed by atoms with van der Waals surface area (Å²) in [6.07, 6.45) is 0.0739. The summed E-state index contributed by atoms with van der Waals surface area (Å²) < 4.78 is 37.9. The lowest BCUT2D eigenvalue weighted by molar-refractivity contribution is -0.117. The highest BCUT2D eigenvalue weighted by atomic mass is 32.2. The molecule has 30 heavy (non-hydrogen) atoms. The maximum absolute atomic E-state index is 12.6. The predicted octanol–water partition coefficient (Wildman–Crippen LogP) is 3.11. The van der Waals surface area contributed by atoms with Crippen LogP contribution in [0.4, 0.5) is 0 Å². The number of sulfone groups is 1. The molecule has 160 valence electrons. The number of hydrogen-bond acceptors (Lipinski definition) is 6. The quantitative estimate of drug-likeness (QED) is 0.578. The van der Waals surface area contributed by atoms with E-state index in [-0.39, 0.29) is 17.2 Å². The molecule has 7 nitrogen and oxygen atoms in total. The number of carbonyl (C=O) groups excluding carboxylic acids is 1. The van der Waals surface area contributed by atoms with Crippen LogP contribution in [0.15, 0.2) is 46.3 Å². The minimum Gasteiger partial charge on any atom is -0.495 e. The van der Waals surface area contributed by atoms with Crippen LogP contribution in [0.5, 0.6) is 11.5 Å². The maximum Gasteiger partial charge on any atom is 0.252 e. The van der Waals surface area contributed by atoms with Gasteiger partial charge in [0.1, 0.15) is 21.7 Å². The van der Waals surface area contributed by atoms with Gasteiger partial charge in [-0.05, 0) is 43.7 Å². The number of rotatable bonds is 6. The van der Waals surface area contributed by atoms with Gasteiger partial charge < -0.3 is 14.0 Å². The summed E-state index contributed by atoms with van der Waals surface area (Å²) in [7, 11) is 1.66. The van der Waals surface area contributed by atoms with Gasteiger partial charge in [0, 0.05) is 7.05 Å². The van der Waals surface area contributed by atoms with E-state index in [4.69, 9.17) is 9.47 Å². The summed E-state index contributed by atoms with van der Waals surface area (Å²) in [5.41, 5.74) is 1.50. The molecule has 1 heterocycles. The number of aryl methyl sites for hydroxylation is 1. The molecule has 0 saturated heterocycles. The van der Waals surface area contributed by atoms with Crippen molar-refractivity contribution in [1.82, 2.24) is 4.57 Å². The summed E-state index contributed by atoms with van der Waals surface area (Å²) in [5, 5.41) is -0.498. The largest absolute Gasteiger partial charge is 0.495 e. The van der Waals surface area contributed by atoms with E-state index in [1.54, 1.807) is 44.8 Å². The fourth-order valence-corrected chi connectivity index (χ4v) is 5.22. The zero-order chi connectivity index (χ0) is 22.1.